The number of carbonyl (C=O) groups is 1. The molecule has 0 aromatic heterocycles. The van der Waals surface area contributed by atoms with Crippen LogP contribution in [-0.2, 0) is 23.7 Å². The Balaban J connectivity index is 0.000000610. The summed E-state index contributed by atoms with van der Waals surface area (Å²) in [6, 6.07) is -3.55. The standard InChI is InChI=1S/C21H39N7O12.C10H24N2O2/c1-5-21(36,4-30)16(40-17-9(26-2)13(34)10(31)6(3-29)38-17)18(37-5)39-15-8(28-20(24)25)11(32)7(27-19(22)23)12(33)14(15)35;1-3-9(7-13)11-5-6-12-10(4-2)8-14/h4-18,26,29,31-36H,3H2,1-2H3,(H4,22,23,27)(H4,24,25,28);9-14H,3-8H2,1-2H3/t5-,6-,7+,8-,9-,10-,11+,12-,13-,14+,15+,16-,17-,18-,21+;9-,10-/m00/s1. The van der Waals surface area contributed by atoms with Gasteiger partial charge in [0, 0.05) is 25.2 Å². The lowest BCUT2D eigenvalue weighted by molar-refractivity contribution is -0.314. The van der Waals surface area contributed by atoms with Crippen molar-refractivity contribution in [1.29, 1.82) is 10.8 Å². The molecule has 1 saturated carbocycles. The van der Waals surface area contributed by atoms with E-state index in [0.717, 1.165) is 25.9 Å². The predicted molar refractivity (Wildman–Crippen MR) is 190 cm³/mol. The van der Waals surface area contributed by atoms with E-state index in [-0.39, 0.29) is 31.6 Å². The summed E-state index contributed by atoms with van der Waals surface area (Å²) in [4.78, 5) is 12.1. The zero-order chi connectivity index (χ0) is 40.9. The van der Waals surface area contributed by atoms with Crippen molar-refractivity contribution in [1.82, 2.24) is 26.6 Å². The molecule has 23 heteroatoms. The van der Waals surface area contributed by atoms with Crippen LogP contribution in [0.25, 0.3) is 0 Å². The van der Waals surface area contributed by atoms with Crippen LogP contribution in [-0.4, -0.2) is 207 Å². The highest BCUT2D eigenvalue weighted by Gasteiger charge is 2.60. The Labute approximate surface area is 313 Å². The molecule has 17 atom stereocenters. The summed E-state index contributed by atoms with van der Waals surface area (Å²) in [6.07, 6.45) is -15.4. The number of guanidine groups is 2. The molecule has 3 rings (SSSR count). The quantitative estimate of drug-likeness (QED) is 0.0265. The van der Waals surface area contributed by atoms with Gasteiger partial charge in [-0.05, 0) is 26.8 Å². The van der Waals surface area contributed by atoms with E-state index in [1.807, 2.05) is 13.8 Å². The van der Waals surface area contributed by atoms with Gasteiger partial charge in [0.15, 0.2) is 36.4 Å². The minimum Gasteiger partial charge on any atom is -0.395 e. The molecule has 0 spiro atoms. The summed E-state index contributed by atoms with van der Waals surface area (Å²) in [6.45, 7) is 6.74. The molecular weight excluding hydrogens is 722 g/mol. The van der Waals surface area contributed by atoms with Crippen molar-refractivity contribution in [2.45, 2.75) is 137 Å². The van der Waals surface area contributed by atoms with Crippen LogP contribution in [0.4, 0.5) is 0 Å². The number of nitrogens with two attached hydrogens (primary N) is 2. The smallest absolute Gasteiger partial charge is 0.188 e. The normalized spacial score (nSPS) is 39.1. The van der Waals surface area contributed by atoms with Gasteiger partial charge in [-0.15, -0.1) is 0 Å². The number of hydrogen-bond donors (Lipinski definition) is 18. The summed E-state index contributed by atoms with van der Waals surface area (Å²) in [5.74, 6) is -1.29. The van der Waals surface area contributed by atoms with Crippen molar-refractivity contribution in [3.05, 3.63) is 0 Å². The number of aliphatic hydroxyl groups excluding tert-OH is 8. The second-order valence-electron chi connectivity index (χ2n) is 13.5. The number of hydrogen-bond acceptors (Lipinski definition) is 19. The van der Waals surface area contributed by atoms with E-state index in [1.54, 1.807) is 0 Å². The van der Waals surface area contributed by atoms with Gasteiger partial charge in [0.2, 0.25) is 0 Å². The fourth-order valence-corrected chi connectivity index (χ4v) is 6.41. The van der Waals surface area contributed by atoms with Gasteiger partial charge in [0.1, 0.15) is 42.7 Å². The topological polar surface area (TPSA) is 396 Å². The molecule has 1 aliphatic carbocycles. The number of ether oxygens (including phenoxy) is 4. The van der Waals surface area contributed by atoms with Crippen LogP contribution in [0.5, 0.6) is 0 Å². The number of nitrogens with one attached hydrogen (secondary N) is 7. The lowest BCUT2D eigenvalue weighted by Crippen LogP contribution is -2.73. The van der Waals surface area contributed by atoms with Crippen molar-refractivity contribution >= 4 is 18.2 Å². The molecule has 0 bridgehead atoms. The first-order valence-corrected chi connectivity index (χ1v) is 17.9. The minimum atomic E-state index is -2.39. The van der Waals surface area contributed by atoms with Crippen LogP contribution in [0.15, 0.2) is 0 Å². The third-order valence-corrected chi connectivity index (χ3v) is 9.87. The fourth-order valence-electron chi connectivity index (χ4n) is 6.41. The van der Waals surface area contributed by atoms with Gasteiger partial charge in [0.25, 0.3) is 0 Å². The maximum absolute atomic E-state index is 12.1. The molecule has 54 heavy (non-hydrogen) atoms. The van der Waals surface area contributed by atoms with Gasteiger partial charge >= 0.3 is 0 Å². The van der Waals surface area contributed by atoms with Gasteiger partial charge in [-0.1, -0.05) is 13.8 Å². The first kappa shape index (κ1) is 47.7. The third kappa shape index (κ3) is 11.8. The molecule has 2 heterocycles. The number of aliphatic hydroxyl groups is 9. The lowest BCUT2D eigenvalue weighted by Gasteiger charge is -2.47. The van der Waals surface area contributed by atoms with E-state index >= 15 is 0 Å². The maximum Gasteiger partial charge on any atom is 0.188 e. The number of carbonyl (C=O) groups excluding carboxylic acids is 1. The number of likely N-dealkylation sites (N-methyl/N-ethyl adjacent to an activating group) is 1. The van der Waals surface area contributed by atoms with Crippen LogP contribution < -0.4 is 38.1 Å². The monoisotopic (exact) mass is 785 g/mol. The summed E-state index contributed by atoms with van der Waals surface area (Å²) < 4.78 is 22.9. The number of rotatable bonds is 18. The van der Waals surface area contributed by atoms with Crippen LogP contribution in [0.1, 0.15) is 33.6 Å². The van der Waals surface area contributed by atoms with Gasteiger partial charge in [0.05, 0.1) is 50.2 Å². The highest BCUT2D eigenvalue weighted by molar-refractivity contribution is 5.76. The average molecular weight is 786 g/mol. The fraction of sp³-hybridized carbons (Fsp3) is 0.903. The van der Waals surface area contributed by atoms with Crippen LogP contribution in [0, 0.1) is 10.8 Å². The summed E-state index contributed by atoms with van der Waals surface area (Å²) in [5, 5.41) is 121. The van der Waals surface area contributed by atoms with Gasteiger partial charge in [-0.25, -0.2) is 0 Å². The first-order chi connectivity index (χ1) is 25.5. The minimum absolute atomic E-state index is 0.136. The van der Waals surface area contributed by atoms with Crippen molar-refractivity contribution in [2.75, 3.05) is 40.0 Å². The molecule has 0 radical (unpaired) electrons. The van der Waals surface area contributed by atoms with Crippen LogP contribution in [0.3, 0.4) is 0 Å². The second kappa shape index (κ2) is 22.3. The Morgan fingerprint density at radius 2 is 1.31 bits per heavy atom. The maximum atomic E-state index is 12.1. The zero-order valence-electron chi connectivity index (χ0n) is 31.0. The Morgan fingerprint density at radius 1 is 0.796 bits per heavy atom. The van der Waals surface area contributed by atoms with Crippen molar-refractivity contribution in [3.63, 3.8) is 0 Å². The molecule has 2 saturated heterocycles. The molecule has 316 valence electrons. The van der Waals surface area contributed by atoms with E-state index < -0.39 is 110 Å². The third-order valence-electron chi connectivity index (χ3n) is 9.87. The molecule has 0 aromatic carbocycles. The van der Waals surface area contributed by atoms with E-state index in [9.17, 15) is 40.5 Å². The van der Waals surface area contributed by atoms with E-state index in [2.05, 4.69) is 26.6 Å². The van der Waals surface area contributed by atoms with Crippen molar-refractivity contribution < 1.29 is 69.7 Å². The average Bonchev–Trinajstić information content (AvgIpc) is 3.38. The highest BCUT2D eigenvalue weighted by atomic mass is 16.8. The molecule has 20 N–H and O–H groups in total. The summed E-state index contributed by atoms with van der Waals surface area (Å²) >= 11 is 0. The highest BCUT2D eigenvalue weighted by Crippen LogP contribution is 2.38. The van der Waals surface area contributed by atoms with E-state index in [1.165, 1.54) is 14.0 Å². The molecule has 2 aliphatic heterocycles. The van der Waals surface area contributed by atoms with Gasteiger partial charge in [-0.2, -0.15) is 0 Å². The molecular formula is C31H63N9O14. The summed E-state index contributed by atoms with van der Waals surface area (Å²) in [5.41, 5.74) is 8.38. The predicted octanol–water partition coefficient (Wildman–Crippen LogP) is -8.03. The van der Waals surface area contributed by atoms with Crippen LogP contribution in [0.2, 0.25) is 0 Å². The molecule has 0 aromatic rings. The Morgan fingerprint density at radius 3 is 1.76 bits per heavy atom. The summed E-state index contributed by atoms with van der Waals surface area (Å²) in [7, 11) is 1.41. The molecule has 0 unspecified atom stereocenters. The Bertz CT molecular complexity index is 1130. The zero-order valence-corrected chi connectivity index (χ0v) is 31.0. The molecule has 0 amide bonds. The van der Waals surface area contributed by atoms with E-state index in [4.69, 9.17) is 51.4 Å². The van der Waals surface area contributed by atoms with Crippen LogP contribution >= 0.6 is 0 Å². The van der Waals surface area contributed by atoms with Gasteiger partial charge < -0.3 is 103 Å². The SMILES string of the molecule is CC[C@@H](CO)NCCN[C@@H](CC)CO.CN[C@@H]1[C@H](O[C@H]2[C@H](O[C@H]3[C@H](O)[C@@H](O)[C@H](NC(=N)N)[C@@H](O)[C@@H]3NC(=N)N)O[C@@H](C)[C@]2(O)C=O)O[C@@H](CO)[C@H](O)[C@H]1O. The van der Waals surface area contributed by atoms with Crippen molar-refractivity contribution in [2.24, 2.45) is 11.5 Å². The first-order valence-electron chi connectivity index (χ1n) is 17.9. The molecule has 23 nitrogen and oxygen atoms in total. The molecule has 3 aliphatic rings. The van der Waals surface area contributed by atoms with E-state index in [0.29, 0.717) is 0 Å². The second-order valence-corrected chi connectivity index (χ2v) is 13.5. The number of aldehydes is 1. The Kier molecular flexibility index (Phi) is 19.7. The largest absolute Gasteiger partial charge is 0.395 e. The van der Waals surface area contributed by atoms with Gasteiger partial charge in [-0.3, -0.25) is 15.6 Å². The molecule has 3 fully saturated rings. The lowest BCUT2D eigenvalue weighted by atomic mass is 9.81. The Hall–Kier alpha value is -2.43. The van der Waals surface area contributed by atoms with Crippen molar-refractivity contribution in [3.8, 4) is 0 Å².